The number of ether oxygens (including phenoxy) is 3. The highest BCUT2D eigenvalue weighted by Crippen LogP contribution is 2.42. The van der Waals surface area contributed by atoms with E-state index in [1.807, 2.05) is 18.5 Å². The van der Waals surface area contributed by atoms with E-state index >= 15 is 0 Å². The van der Waals surface area contributed by atoms with E-state index < -0.39 is 41.1 Å². The number of aryl methyl sites for hydroxylation is 1. The lowest BCUT2D eigenvalue weighted by molar-refractivity contribution is -0.150. The number of alkyl carbamates (subject to hydrolysis) is 1. The van der Waals surface area contributed by atoms with Crippen molar-refractivity contribution in [2.45, 2.75) is 118 Å². The lowest BCUT2D eigenvalue weighted by Crippen LogP contribution is -2.60. The van der Waals surface area contributed by atoms with Crippen molar-refractivity contribution in [2.75, 3.05) is 45.4 Å². The summed E-state index contributed by atoms with van der Waals surface area (Å²) in [4.78, 5) is 51.7. The zero-order valence-corrected chi connectivity index (χ0v) is 37.4. The molecule has 0 radical (unpaired) electrons. The van der Waals surface area contributed by atoms with E-state index in [0.717, 1.165) is 63.5 Å². The predicted octanol–water partition coefficient (Wildman–Crippen LogP) is 7.07. The van der Waals surface area contributed by atoms with Crippen molar-refractivity contribution in [2.24, 2.45) is 5.41 Å². The van der Waals surface area contributed by atoms with Crippen LogP contribution in [0.4, 0.5) is 10.5 Å². The Kier molecular flexibility index (Phi) is 14.8. The van der Waals surface area contributed by atoms with Gasteiger partial charge in [-0.25, -0.2) is 15.2 Å². The van der Waals surface area contributed by atoms with Crippen LogP contribution in [0.25, 0.3) is 33.4 Å². The number of aliphatic hydroxyl groups is 1. The number of carbonyl (C=O) groups is 3. The molecule has 0 unspecified atom stereocenters. The van der Waals surface area contributed by atoms with Gasteiger partial charge in [0.25, 0.3) is 5.91 Å². The molecule has 1 aliphatic heterocycles. The smallest absolute Gasteiger partial charge is 0.408 e. The maximum Gasteiger partial charge on any atom is 0.408 e. The van der Waals surface area contributed by atoms with Gasteiger partial charge in [0.2, 0.25) is 0 Å². The molecule has 4 aromatic rings. The van der Waals surface area contributed by atoms with Gasteiger partial charge in [0.15, 0.2) is 0 Å². The summed E-state index contributed by atoms with van der Waals surface area (Å²) in [6, 6.07) is 6.89. The third kappa shape index (κ3) is 10.6. The number of nitrogens with zero attached hydrogens (tertiary/aromatic N) is 5. The van der Waals surface area contributed by atoms with E-state index in [4.69, 9.17) is 24.2 Å². The Morgan fingerprint density at radius 2 is 1.83 bits per heavy atom. The minimum atomic E-state index is -1.02. The van der Waals surface area contributed by atoms with Crippen LogP contribution in [0, 0.1) is 5.41 Å². The average molecular weight is 834 g/mol. The molecule has 1 aromatic carbocycles. The first-order chi connectivity index (χ1) is 28.0. The summed E-state index contributed by atoms with van der Waals surface area (Å²) in [5.74, 6) is -0.867. The van der Waals surface area contributed by atoms with Crippen LogP contribution in [0.1, 0.15) is 97.5 Å². The molecular weight excluding hydrogens is 771 g/mol. The lowest BCUT2D eigenvalue weighted by atomic mass is 9.84. The van der Waals surface area contributed by atoms with Gasteiger partial charge in [-0.15, -0.1) is 11.3 Å². The van der Waals surface area contributed by atoms with Crippen LogP contribution in [0.15, 0.2) is 35.8 Å². The lowest BCUT2D eigenvalue weighted by Gasteiger charge is -2.34. The van der Waals surface area contributed by atoms with Crippen molar-refractivity contribution in [3.63, 3.8) is 0 Å². The van der Waals surface area contributed by atoms with E-state index in [2.05, 4.69) is 79.1 Å². The molecule has 322 valence electrons. The summed E-state index contributed by atoms with van der Waals surface area (Å²) >= 11 is 1.40. The number of nitrogens with one attached hydrogen (secondary N) is 2. The number of anilines is 1. The highest BCUT2D eigenvalue weighted by molar-refractivity contribution is 7.10. The first-order valence-corrected chi connectivity index (χ1v) is 21.5. The van der Waals surface area contributed by atoms with Crippen LogP contribution in [0.3, 0.4) is 0 Å². The van der Waals surface area contributed by atoms with E-state index in [-0.39, 0.29) is 19.1 Å². The van der Waals surface area contributed by atoms with Crippen LogP contribution >= 0.6 is 11.3 Å². The van der Waals surface area contributed by atoms with Gasteiger partial charge < -0.3 is 34.1 Å². The highest BCUT2D eigenvalue weighted by atomic mass is 32.1. The number of pyridine rings is 1. The van der Waals surface area contributed by atoms with Crippen LogP contribution < -0.4 is 15.6 Å². The molecule has 0 bridgehead atoms. The van der Waals surface area contributed by atoms with E-state index in [1.54, 1.807) is 27.9 Å². The summed E-state index contributed by atoms with van der Waals surface area (Å²) in [7, 11) is 3.01. The van der Waals surface area contributed by atoms with Crippen LogP contribution in [-0.4, -0.2) is 101 Å². The second-order valence-electron chi connectivity index (χ2n) is 16.8. The molecule has 1 saturated heterocycles. The molecule has 3 aromatic heterocycles. The summed E-state index contributed by atoms with van der Waals surface area (Å²) in [5, 5.41) is 18.4. The molecule has 3 N–H and O–H groups in total. The first-order valence-electron chi connectivity index (χ1n) is 20.6. The molecule has 0 spiro atoms. The van der Waals surface area contributed by atoms with Crippen LogP contribution in [-0.2, 0) is 43.2 Å². The summed E-state index contributed by atoms with van der Waals surface area (Å²) in [6.07, 6.45) is 2.76. The Morgan fingerprint density at radius 1 is 1.10 bits per heavy atom. The molecule has 3 atom stereocenters. The van der Waals surface area contributed by atoms with Gasteiger partial charge in [0.1, 0.15) is 17.7 Å². The number of amides is 2. The average Bonchev–Trinajstić information content (AvgIpc) is 3.81. The number of methoxy groups -OCH3 is 2. The Morgan fingerprint density at radius 3 is 2.46 bits per heavy atom. The standard InChI is InChI=1S/C44H63N7O7S/c1-12-49(13-2)29-21-31(38(45-24-29)27(4)56-10)39-32(23-44(8,9)26-52)30-20-28(17-18-36(30)50(39)14-3)35-25-59-37(46-35)22-34(47-42(55)58-43(5,6)7)40(53)51-19-15-16-33(48-51)41(54)57-11/h17-18,20-21,24-25,27,33-34,48,52H,12-16,19,22-23,26H2,1-11H3,(H,47,55)/t27-,33-,34-/m0/s1. The molecule has 59 heavy (non-hydrogen) atoms. The Balaban J connectivity index is 1.58. The Bertz CT molecular complexity index is 2100. The number of hydrogen-bond acceptors (Lipinski definition) is 12. The zero-order chi connectivity index (χ0) is 43.2. The molecule has 0 aliphatic carbocycles. The van der Waals surface area contributed by atoms with E-state index in [1.165, 1.54) is 23.5 Å². The third-order valence-electron chi connectivity index (χ3n) is 10.7. The van der Waals surface area contributed by atoms with Gasteiger partial charge >= 0.3 is 12.1 Å². The SMILES string of the molecule is CCN(CC)c1cnc([C@H](C)OC)c(-c2c(CC(C)(C)CO)c3cc(-c4csc(C[C@H](NC(=O)OC(C)(C)C)C(=O)N5CCC[C@@H](C(=O)OC)N5)n4)ccc3n2CC)c1. The van der Waals surface area contributed by atoms with Crippen LogP contribution in [0.5, 0.6) is 0 Å². The van der Waals surface area contributed by atoms with Crippen molar-refractivity contribution in [3.8, 4) is 22.5 Å². The first kappa shape index (κ1) is 45.5. The third-order valence-corrected chi connectivity index (χ3v) is 11.6. The molecule has 0 saturated carbocycles. The van der Waals surface area contributed by atoms with Gasteiger partial charge in [-0.3, -0.25) is 19.6 Å². The molecule has 5 rings (SSSR count). The summed E-state index contributed by atoms with van der Waals surface area (Å²) in [5.41, 5.74) is 9.49. The van der Waals surface area contributed by atoms with Gasteiger partial charge in [-0.2, -0.15) is 0 Å². The summed E-state index contributed by atoms with van der Waals surface area (Å²) in [6.45, 7) is 20.6. The monoisotopic (exact) mass is 833 g/mol. The van der Waals surface area contributed by atoms with Crippen molar-refractivity contribution in [1.29, 1.82) is 0 Å². The van der Waals surface area contributed by atoms with Crippen LogP contribution in [0.2, 0.25) is 0 Å². The number of aliphatic hydroxyl groups excluding tert-OH is 1. The van der Waals surface area contributed by atoms with Crippen molar-refractivity contribution in [1.82, 2.24) is 30.3 Å². The molecular formula is C44H63N7O7S. The molecule has 14 nitrogen and oxygen atoms in total. The van der Waals surface area contributed by atoms with Gasteiger partial charge in [-0.1, -0.05) is 19.9 Å². The number of fused-ring (bicyclic) bond motifs is 1. The molecule has 1 aliphatic rings. The fourth-order valence-electron chi connectivity index (χ4n) is 7.59. The molecule has 1 fully saturated rings. The number of thiazole rings is 1. The summed E-state index contributed by atoms with van der Waals surface area (Å²) < 4.78 is 18.7. The maximum atomic E-state index is 14.0. The second kappa shape index (κ2) is 19.2. The topological polar surface area (TPSA) is 160 Å². The number of hydrazine groups is 1. The number of aromatic nitrogens is 3. The minimum absolute atomic E-state index is 0.00690. The van der Waals surface area contributed by atoms with Crippen molar-refractivity contribution in [3.05, 3.63) is 52.1 Å². The van der Waals surface area contributed by atoms with Gasteiger partial charge in [0.05, 0.1) is 47.2 Å². The van der Waals surface area contributed by atoms with Gasteiger partial charge in [-0.05, 0) is 96.9 Å². The van der Waals surface area contributed by atoms with Crippen molar-refractivity contribution < 1.29 is 33.7 Å². The quantitative estimate of drug-likeness (QED) is 0.0992. The fraction of sp³-hybridized carbons (Fsp3) is 0.568. The second-order valence-corrected chi connectivity index (χ2v) is 17.8. The number of hydrogen-bond donors (Lipinski definition) is 3. The number of benzene rings is 1. The zero-order valence-electron chi connectivity index (χ0n) is 36.6. The number of rotatable bonds is 16. The Labute approximate surface area is 352 Å². The number of carbonyl (C=O) groups excluding carboxylic acids is 3. The van der Waals surface area contributed by atoms with Crippen molar-refractivity contribution >= 4 is 45.9 Å². The number of esters is 1. The molecule has 4 heterocycles. The van der Waals surface area contributed by atoms with E-state index in [0.29, 0.717) is 37.4 Å². The predicted molar refractivity (Wildman–Crippen MR) is 232 cm³/mol. The molecule has 2 amide bonds. The normalized spacial score (nSPS) is 15.9. The Hall–Kier alpha value is -4.57. The van der Waals surface area contributed by atoms with E-state index in [9.17, 15) is 19.5 Å². The fourth-order valence-corrected chi connectivity index (χ4v) is 8.44. The van der Waals surface area contributed by atoms with Gasteiger partial charge in [0, 0.05) is 73.7 Å². The molecule has 15 heteroatoms. The highest BCUT2D eigenvalue weighted by Gasteiger charge is 2.35. The largest absolute Gasteiger partial charge is 0.468 e. The maximum absolute atomic E-state index is 14.0. The minimum Gasteiger partial charge on any atom is -0.468 e.